The number of hydrogen-bond donors (Lipinski definition) is 0. The Morgan fingerprint density at radius 3 is 2.54 bits per heavy atom. The quantitative estimate of drug-likeness (QED) is 0.343. The van der Waals surface area contributed by atoms with E-state index in [2.05, 4.69) is 4.99 Å². The van der Waals surface area contributed by atoms with Crippen molar-refractivity contribution in [3.05, 3.63) is 50.1 Å². The van der Waals surface area contributed by atoms with Crippen LogP contribution in [0.2, 0.25) is 0 Å². The van der Waals surface area contributed by atoms with Crippen molar-refractivity contribution in [3.8, 4) is 11.5 Å². The number of ether oxygens (including phenoxy) is 2. The van der Waals surface area contributed by atoms with Crippen molar-refractivity contribution in [1.82, 2.24) is 4.57 Å². The van der Waals surface area contributed by atoms with Crippen molar-refractivity contribution in [2.75, 3.05) is 14.2 Å². The van der Waals surface area contributed by atoms with Gasteiger partial charge in [0, 0.05) is 23.6 Å². The number of thiazole rings is 1. The summed E-state index contributed by atoms with van der Waals surface area (Å²) < 4.78 is 13.6. The first-order valence-corrected chi connectivity index (χ1v) is 9.87. The third-order valence-corrected chi connectivity index (χ3v) is 5.99. The second-order valence-corrected chi connectivity index (χ2v) is 7.56. The maximum absolute atomic E-state index is 12.3. The van der Waals surface area contributed by atoms with Crippen molar-refractivity contribution >= 4 is 49.9 Å². The summed E-state index contributed by atoms with van der Waals surface area (Å²) >= 11 is 2.33. The molecule has 28 heavy (non-hydrogen) atoms. The van der Waals surface area contributed by atoms with Gasteiger partial charge in [-0.1, -0.05) is 22.7 Å². The van der Waals surface area contributed by atoms with Crippen LogP contribution in [0.4, 0.5) is 5.00 Å². The highest BCUT2D eigenvalue weighted by Gasteiger charge is 2.15. The van der Waals surface area contributed by atoms with Gasteiger partial charge in [-0.25, -0.2) is 0 Å². The molecule has 0 fully saturated rings. The van der Waals surface area contributed by atoms with Crippen molar-refractivity contribution in [3.63, 3.8) is 0 Å². The zero-order valence-corrected chi connectivity index (χ0v) is 17.0. The predicted octanol–water partition coefficient (Wildman–Crippen LogP) is 3.85. The van der Waals surface area contributed by atoms with E-state index >= 15 is 0 Å². The minimum absolute atomic E-state index is 0.0246. The fraction of sp³-hybridized carbons (Fsp3) is 0.222. The van der Waals surface area contributed by atoms with Gasteiger partial charge in [0.05, 0.1) is 19.1 Å². The van der Waals surface area contributed by atoms with E-state index in [0.717, 1.165) is 21.6 Å². The fourth-order valence-electron chi connectivity index (χ4n) is 2.65. The Balaban J connectivity index is 2.01. The number of carbonyl (C=O) groups excluding carboxylic acids is 1. The van der Waals surface area contributed by atoms with Crippen molar-refractivity contribution in [1.29, 1.82) is 0 Å². The van der Waals surface area contributed by atoms with E-state index in [9.17, 15) is 14.9 Å². The number of hydrogen-bond acceptors (Lipinski definition) is 7. The number of methoxy groups -OCH3 is 2. The van der Waals surface area contributed by atoms with E-state index in [4.69, 9.17) is 9.47 Å². The van der Waals surface area contributed by atoms with Crippen molar-refractivity contribution in [2.45, 2.75) is 13.5 Å². The first kappa shape index (κ1) is 19.8. The van der Waals surface area contributed by atoms with Crippen LogP contribution in [0.25, 0.3) is 16.3 Å². The Bertz CT molecular complexity index is 1140. The molecule has 1 amide bonds. The number of rotatable bonds is 6. The van der Waals surface area contributed by atoms with Gasteiger partial charge < -0.3 is 14.0 Å². The Labute approximate surface area is 168 Å². The molecule has 0 N–H and O–H groups in total. The van der Waals surface area contributed by atoms with Crippen molar-refractivity contribution < 1.29 is 19.2 Å². The number of benzene rings is 1. The summed E-state index contributed by atoms with van der Waals surface area (Å²) in [6.45, 7) is 2.55. The zero-order valence-electron chi connectivity index (χ0n) is 15.4. The molecule has 0 spiro atoms. The average Bonchev–Trinajstić information content (AvgIpc) is 3.30. The number of aromatic nitrogens is 1. The van der Waals surface area contributed by atoms with Crippen LogP contribution in [-0.4, -0.2) is 29.6 Å². The standard InChI is InChI=1S/C18H17N3O5S2/c1-4-20-16-12(25-2)7-8-13(26-3)17(16)28-18(20)19-14(22)9-5-11-6-10-15(27-11)21(23)24/h5-10H,4H2,1-3H3/b9-5+,19-18?. The Morgan fingerprint density at radius 2 is 1.93 bits per heavy atom. The second kappa shape index (κ2) is 8.36. The van der Waals surface area contributed by atoms with Crippen LogP contribution >= 0.6 is 22.7 Å². The van der Waals surface area contributed by atoms with Crippen LogP contribution in [0.1, 0.15) is 11.8 Å². The molecule has 0 aliphatic carbocycles. The molecule has 2 heterocycles. The molecule has 0 aliphatic heterocycles. The molecule has 8 nitrogen and oxygen atoms in total. The lowest BCUT2D eigenvalue weighted by Gasteiger charge is -2.08. The maximum atomic E-state index is 12.3. The highest BCUT2D eigenvalue weighted by atomic mass is 32.1. The summed E-state index contributed by atoms with van der Waals surface area (Å²) in [5, 5.41) is 10.8. The van der Waals surface area contributed by atoms with Crippen molar-refractivity contribution in [2.24, 2.45) is 4.99 Å². The number of fused-ring (bicyclic) bond motifs is 1. The first-order valence-electron chi connectivity index (χ1n) is 8.23. The lowest BCUT2D eigenvalue weighted by atomic mass is 10.3. The van der Waals surface area contributed by atoms with E-state index in [1.54, 1.807) is 20.3 Å². The van der Waals surface area contributed by atoms with Gasteiger partial charge in [0.15, 0.2) is 4.80 Å². The summed E-state index contributed by atoms with van der Waals surface area (Å²) in [5.74, 6) is 0.894. The third-order valence-electron chi connectivity index (χ3n) is 3.90. The topological polar surface area (TPSA) is 96.0 Å². The Hall–Kier alpha value is -2.98. The van der Waals surface area contributed by atoms with E-state index in [1.807, 2.05) is 23.6 Å². The Kier molecular flexibility index (Phi) is 5.90. The van der Waals surface area contributed by atoms with Gasteiger partial charge in [0.25, 0.3) is 5.91 Å². The van der Waals surface area contributed by atoms with Gasteiger partial charge in [-0.2, -0.15) is 4.99 Å². The number of amides is 1. The van der Waals surface area contributed by atoms with Crippen LogP contribution in [0.15, 0.2) is 35.3 Å². The molecule has 0 unspecified atom stereocenters. The minimum Gasteiger partial charge on any atom is -0.495 e. The van der Waals surface area contributed by atoms with E-state index in [1.165, 1.54) is 29.6 Å². The molecule has 0 saturated heterocycles. The maximum Gasteiger partial charge on any atom is 0.324 e. The molecule has 0 aliphatic rings. The first-order chi connectivity index (χ1) is 13.5. The molecule has 10 heteroatoms. The van der Waals surface area contributed by atoms with Gasteiger partial charge in [-0.15, -0.1) is 0 Å². The zero-order chi connectivity index (χ0) is 20.3. The van der Waals surface area contributed by atoms with Gasteiger partial charge in [-0.05, 0) is 31.2 Å². The molecule has 3 aromatic rings. The summed E-state index contributed by atoms with van der Waals surface area (Å²) in [5.41, 5.74) is 0.818. The molecule has 146 valence electrons. The van der Waals surface area contributed by atoms with E-state index < -0.39 is 10.8 Å². The lowest BCUT2D eigenvalue weighted by Crippen LogP contribution is -2.15. The smallest absolute Gasteiger partial charge is 0.324 e. The normalized spacial score (nSPS) is 12.0. The largest absolute Gasteiger partial charge is 0.495 e. The lowest BCUT2D eigenvalue weighted by molar-refractivity contribution is -0.380. The van der Waals surface area contributed by atoms with Crippen LogP contribution in [-0.2, 0) is 11.3 Å². The highest BCUT2D eigenvalue weighted by molar-refractivity contribution is 7.17. The number of aryl methyl sites for hydroxylation is 1. The number of nitrogens with zero attached hydrogens (tertiary/aromatic N) is 3. The Morgan fingerprint density at radius 1 is 1.21 bits per heavy atom. The summed E-state index contributed by atoms with van der Waals surface area (Å²) in [6.07, 6.45) is 2.82. The fourth-order valence-corrected chi connectivity index (χ4v) is 4.58. The molecule has 2 aromatic heterocycles. The third kappa shape index (κ3) is 3.82. The molecule has 0 saturated carbocycles. The van der Waals surface area contributed by atoms with Gasteiger partial charge >= 0.3 is 5.00 Å². The van der Waals surface area contributed by atoms with Gasteiger partial charge in [0.1, 0.15) is 21.7 Å². The van der Waals surface area contributed by atoms with Gasteiger partial charge in [0.2, 0.25) is 0 Å². The predicted molar refractivity (Wildman–Crippen MR) is 109 cm³/mol. The van der Waals surface area contributed by atoms with E-state index in [-0.39, 0.29) is 5.00 Å². The number of nitro groups is 1. The molecule has 0 atom stereocenters. The SMILES string of the molecule is CCn1c(=NC(=O)/C=C/c2ccc([N+](=O)[O-])s2)sc2c(OC)ccc(OC)c21. The highest BCUT2D eigenvalue weighted by Crippen LogP contribution is 2.35. The molecular weight excluding hydrogens is 402 g/mol. The van der Waals surface area contributed by atoms with Crippen LogP contribution in [0.3, 0.4) is 0 Å². The molecule has 0 radical (unpaired) electrons. The summed E-state index contributed by atoms with van der Waals surface area (Å²) in [4.78, 5) is 27.9. The average molecular weight is 419 g/mol. The molecule has 3 rings (SSSR count). The van der Waals surface area contributed by atoms with Crippen LogP contribution in [0, 0.1) is 10.1 Å². The number of carbonyl (C=O) groups is 1. The minimum atomic E-state index is -0.462. The molecular formula is C18H17N3O5S2. The van der Waals surface area contributed by atoms with Gasteiger partial charge in [-0.3, -0.25) is 14.9 Å². The monoisotopic (exact) mass is 419 g/mol. The molecule has 0 bridgehead atoms. The van der Waals surface area contributed by atoms with E-state index in [0.29, 0.717) is 27.7 Å². The van der Waals surface area contributed by atoms with Crippen LogP contribution < -0.4 is 14.3 Å². The van der Waals surface area contributed by atoms with Crippen LogP contribution in [0.5, 0.6) is 11.5 Å². The summed E-state index contributed by atoms with van der Waals surface area (Å²) in [6, 6.07) is 6.62. The number of thiophene rings is 1. The molecule has 1 aromatic carbocycles. The summed E-state index contributed by atoms with van der Waals surface area (Å²) in [7, 11) is 3.17. The second-order valence-electron chi connectivity index (χ2n) is 5.49.